The van der Waals surface area contributed by atoms with Crippen molar-refractivity contribution in [2.24, 2.45) is 0 Å². The number of benzene rings is 2. The molecule has 0 bridgehead atoms. The molecule has 0 saturated carbocycles. The van der Waals surface area contributed by atoms with Gasteiger partial charge in [0.1, 0.15) is 0 Å². The first-order valence-electron chi connectivity index (χ1n) is 12.4. The van der Waals surface area contributed by atoms with E-state index in [2.05, 4.69) is 10.3 Å². The standard InChI is InChI=1S/C30H25F3N4O3/c31-30(32,33)27(21-9-5-11-35-17-21)37-29(40)24-14-22(26-10-4-3-8-20(26)16-34)13-23(15-24)28(39)36-25(18-38)12-19-6-1-2-7-19/h1,3-11,13-15,17,25,27,38H,2,12,18H2,(H,36,39)(H,37,40)/t25-,27?/m0/s1. The van der Waals surface area contributed by atoms with Crippen LogP contribution in [0.3, 0.4) is 0 Å². The Morgan fingerprint density at radius 2 is 1.77 bits per heavy atom. The van der Waals surface area contributed by atoms with Crippen molar-refractivity contribution in [2.45, 2.75) is 31.1 Å². The number of carbonyl (C=O) groups is 2. The lowest BCUT2D eigenvalue weighted by atomic mass is 9.95. The third-order valence-electron chi connectivity index (χ3n) is 6.32. The molecule has 2 aromatic carbocycles. The number of nitriles is 1. The van der Waals surface area contributed by atoms with Crippen LogP contribution in [0.4, 0.5) is 13.2 Å². The summed E-state index contributed by atoms with van der Waals surface area (Å²) in [4.78, 5) is 30.2. The number of hydrogen-bond acceptors (Lipinski definition) is 5. The molecule has 1 heterocycles. The van der Waals surface area contributed by atoms with Crippen molar-refractivity contribution < 1.29 is 27.9 Å². The minimum atomic E-state index is -4.82. The zero-order valence-electron chi connectivity index (χ0n) is 21.2. The fourth-order valence-corrected chi connectivity index (χ4v) is 4.37. The molecule has 10 heteroatoms. The van der Waals surface area contributed by atoms with Gasteiger partial charge in [-0.15, -0.1) is 0 Å². The summed E-state index contributed by atoms with van der Waals surface area (Å²) in [6.07, 6.45) is 4.47. The van der Waals surface area contributed by atoms with E-state index in [-0.39, 0.29) is 28.9 Å². The topological polar surface area (TPSA) is 115 Å². The van der Waals surface area contributed by atoms with Crippen LogP contribution < -0.4 is 10.6 Å². The van der Waals surface area contributed by atoms with Crippen molar-refractivity contribution in [2.75, 3.05) is 6.61 Å². The van der Waals surface area contributed by atoms with Crippen LogP contribution in [-0.2, 0) is 0 Å². The number of nitrogens with zero attached hydrogens (tertiary/aromatic N) is 2. The number of nitrogens with one attached hydrogen (secondary N) is 2. The molecular formula is C30H25F3N4O3. The first-order valence-corrected chi connectivity index (χ1v) is 12.4. The molecular weight excluding hydrogens is 521 g/mol. The smallest absolute Gasteiger partial charge is 0.394 e. The SMILES string of the molecule is N#Cc1ccccc1-c1cc(C(=O)NC(c2cccnc2)C(F)(F)F)cc(C(=O)N[C@H](CO)CC2=CCC=C2)c1. The molecule has 0 spiro atoms. The molecule has 0 radical (unpaired) electrons. The summed E-state index contributed by atoms with van der Waals surface area (Å²) in [6, 6.07) is 12.0. The molecule has 3 aromatic rings. The monoisotopic (exact) mass is 546 g/mol. The molecule has 2 amide bonds. The van der Waals surface area contributed by atoms with Crippen molar-refractivity contribution in [3.05, 3.63) is 113 Å². The molecule has 0 aliphatic heterocycles. The number of aliphatic hydroxyl groups is 1. The van der Waals surface area contributed by atoms with E-state index in [0.29, 0.717) is 17.5 Å². The van der Waals surface area contributed by atoms with Gasteiger partial charge >= 0.3 is 6.18 Å². The lowest BCUT2D eigenvalue weighted by molar-refractivity contribution is -0.155. The van der Waals surface area contributed by atoms with Gasteiger partial charge in [0.05, 0.1) is 24.3 Å². The molecule has 3 N–H and O–H groups in total. The molecule has 1 aliphatic carbocycles. The summed E-state index contributed by atoms with van der Waals surface area (Å²) in [5, 5.41) is 24.1. The molecule has 0 fully saturated rings. The lowest BCUT2D eigenvalue weighted by Gasteiger charge is -2.22. The second-order valence-corrected chi connectivity index (χ2v) is 9.17. The summed E-state index contributed by atoms with van der Waals surface area (Å²) < 4.78 is 41.7. The van der Waals surface area contributed by atoms with Crippen molar-refractivity contribution in [1.82, 2.24) is 15.6 Å². The van der Waals surface area contributed by atoms with Crippen molar-refractivity contribution in [1.29, 1.82) is 5.26 Å². The third kappa shape index (κ3) is 6.81. The minimum absolute atomic E-state index is 0.0188. The van der Waals surface area contributed by atoms with Gasteiger partial charge in [0.15, 0.2) is 6.04 Å². The van der Waals surface area contributed by atoms with Gasteiger partial charge in [0.25, 0.3) is 11.8 Å². The van der Waals surface area contributed by atoms with Crippen LogP contribution in [0.25, 0.3) is 11.1 Å². The number of pyridine rings is 1. The van der Waals surface area contributed by atoms with Crippen LogP contribution in [0, 0.1) is 11.3 Å². The number of aromatic nitrogens is 1. The van der Waals surface area contributed by atoms with E-state index in [1.165, 1.54) is 36.5 Å². The number of hydrogen-bond donors (Lipinski definition) is 3. The highest BCUT2D eigenvalue weighted by molar-refractivity contribution is 6.02. The summed E-state index contributed by atoms with van der Waals surface area (Å²) in [7, 11) is 0. The largest absolute Gasteiger partial charge is 0.412 e. The van der Waals surface area contributed by atoms with Gasteiger partial charge in [-0.25, -0.2) is 0 Å². The van der Waals surface area contributed by atoms with Crippen LogP contribution in [-0.4, -0.2) is 40.7 Å². The van der Waals surface area contributed by atoms with Gasteiger partial charge in [0, 0.05) is 29.1 Å². The quantitative estimate of drug-likeness (QED) is 0.349. The lowest BCUT2D eigenvalue weighted by Crippen LogP contribution is -2.39. The first kappa shape index (κ1) is 28.3. The highest BCUT2D eigenvalue weighted by Gasteiger charge is 2.42. The highest BCUT2D eigenvalue weighted by atomic mass is 19.4. The van der Waals surface area contributed by atoms with Crippen LogP contribution in [0.1, 0.15) is 50.7 Å². The van der Waals surface area contributed by atoms with Crippen molar-refractivity contribution in [3.63, 3.8) is 0 Å². The minimum Gasteiger partial charge on any atom is -0.394 e. The molecule has 7 nitrogen and oxygen atoms in total. The predicted molar refractivity (Wildman–Crippen MR) is 142 cm³/mol. The van der Waals surface area contributed by atoms with Gasteiger partial charge in [-0.3, -0.25) is 14.6 Å². The Labute approximate surface area is 228 Å². The maximum atomic E-state index is 13.9. The second-order valence-electron chi connectivity index (χ2n) is 9.17. The van der Waals surface area contributed by atoms with Gasteiger partial charge < -0.3 is 15.7 Å². The number of alkyl halides is 3. The molecule has 2 atom stereocenters. The average Bonchev–Trinajstić information content (AvgIpc) is 3.48. The molecule has 1 aromatic heterocycles. The fourth-order valence-electron chi connectivity index (χ4n) is 4.37. The van der Waals surface area contributed by atoms with E-state index in [0.717, 1.165) is 18.2 Å². The fraction of sp³-hybridized carbons (Fsp3) is 0.200. The number of rotatable bonds is 9. The Bertz CT molecular complexity index is 1490. The van der Waals surface area contributed by atoms with Crippen LogP contribution in [0.5, 0.6) is 0 Å². The molecule has 4 rings (SSSR count). The summed E-state index contributed by atoms with van der Waals surface area (Å²) in [6.45, 7) is -0.348. The van der Waals surface area contributed by atoms with E-state index in [4.69, 9.17) is 0 Å². The Morgan fingerprint density at radius 1 is 1.05 bits per heavy atom. The van der Waals surface area contributed by atoms with Gasteiger partial charge in [-0.1, -0.05) is 42.5 Å². The van der Waals surface area contributed by atoms with Crippen molar-refractivity contribution >= 4 is 11.8 Å². The second kappa shape index (κ2) is 12.4. The molecule has 40 heavy (non-hydrogen) atoms. The van der Waals surface area contributed by atoms with E-state index in [1.807, 2.05) is 29.6 Å². The Kier molecular flexibility index (Phi) is 8.76. The zero-order chi connectivity index (χ0) is 28.7. The van der Waals surface area contributed by atoms with Gasteiger partial charge in [0.2, 0.25) is 0 Å². The third-order valence-corrected chi connectivity index (χ3v) is 6.32. The van der Waals surface area contributed by atoms with E-state index in [9.17, 15) is 33.1 Å². The normalized spacial score (nSPS) is 14.1. The predicted octanol–water partition coefficient (Wildman–Crippen LogP) is 5.02. The maximum absolute atomic E-state index is 13.9. The van der Waals surface area contributed by atoms with E-state index in [1.54, 1.807) is 24.3 Å². The van der Waals surface area contributed by atoms with Crippen molar-refractivity contribution in [3.8, 4) is 17.2 Å². The Hall–Kier alpha value is -4.75. The first-order chi connectivity index (χ1) is 19.2. The summed E-state index contributed by atoms with van der Waals surface area (Å²) in [5.74, 6) is -1.71. The number of halogens is 3. The maximum Gasteiger partial charge on any atom is 0.412 e. The van der Waals surface area contributed by atoms with E-state index < -0.39 is 30.1 Å². The van der Waals surface area contributed by atoms with Gasteiger partial charge in [-0.2, -0.15) is 18.4 Å². The molecule has 1 unspecified atom stereocenters. The van der Waals surface area contributed by atoms with Crippen LogP contribution in [0.2, 0.25) is 0 Å². The summed E-state index contributed by atoms with van der Waals surface area (Å²) in [5.41, 5.74) is 1.40. The Balaban J connectivity index is 1.71. The average molecular weight is 547 g/mol. The number of amides is 2. The zero-order valence-corrected chi connectivity index (χ0v) is 21.2. The van der Waals surface area contributed by atoms with Crippen LogP contribution >= 0.6 is 0 Å². The highest BCUT2D eigenvalue weighted by Crippen LogP contribution is 2.33. The number of carbonyl (C=O) groups excluding carboxylic acids is 2. The molecule has 0 saturated heterocycles. The summed E-state index contributed by atoms with van der Waals surface area (Å²) >= 11 is 0. The number of allylic oxidation sites excluding steroid dienone is 3. The molecule has 1 aliphatic rings. The Morgan fingerprint density at radius 3 is 2.38 bits per heavy atom. The van der Waals surface area contributed by atoms with Crippen LogP contribution in [0.15, 0.2) is 90.8 Å². The van der Waals surface area contributed by atoms with Gasteiger partial charge in [-0.05, 0) is 59.9 Å². The van der Waals surface area contributed by atoms with E-state index >= 15 is 0 Å². The molecule has 204 valence electrons. The number of aliphatic hydroxyl groups excluding tert-OH is 1.